The second kappa shape index (κ2) is 6.42. The van der Waals surface area contributed by atoms with E-state index in [0.717, 1.165) is 12.1 Å². The van der Waals surface area contributed by atoms with Gasteiger partial charge in [0.15, 0.2) is 11.6 Å². The van der Waals surface area contributed by atoms with Crippen molar-refractivity contribution < 1.29 is 13.2 Å². The van der Waals surface area contributed by atoms with Gasteiger partial charge in [0.25, 0.3) is 0 Å². The monoisotopic (exact) mass is 380 g/mol. The van der Waals surface area contributed by atoms with Crippen molar-refractivity contribution in [3.63, 3.8) is 0 Å². The van der Waals surface area contributed by atoms with E-state index < -0.39 is 11.7 Å². The van der Waals surface area contributed by atoms with Gasteiger partial charge in [0.2, 0.25) is 5.69 Å². The number of aromatic nitrogens is 5. The van der Waals surface area contributed by atoms with Crippen LogP contribution in [-0.4, -0.2) is 24.7 Å². The number of benzene rings is 1. The van der Waals surface area contributed by atoms with E-state index in [9.17, 15) is 13.2 Å². The highest BCUT2D eigenvalue weighted by atomic mass is 19.4. The Bertz CT molecular complexity index is 1200. The molecular formula is C19H11F3N6. The second-order valence-electron chi connectivity index (χ2n) is 6.02. The number of alkyl halides is 3. The maximum atomic E-state index is 13.1. The number of hydrogen-bond donors (Lipinski definition) is 0. The number of fused-ring (bicyclic) bond motifs is 1. The zero-order valence-corrected chi connectivity index (χ0v) is 14.4. The van der Waals surface area contributed by atoms with Gasteiger partial charge in [-0.3, -0.25) is 9.55 Å². The van der Waals surface area contributed by atoms with Gasteiger partial charge >= 0.3 is 6.18 Å². The highest BCUT2D eigenvalue weighted by Gasteiger charge is 2.31. The summed E-state index contributed by atoms with van der Waals surface area (Å²) >= 11 is 0. The Hall–Kier alpha value is -3.80. The summed E-state index contributed by atoms with van der Waals surface area (Å²) in [5, 5.41) is 8.16. The predicted molar refractivity (Wildman–Crippen MR) is 95.9 cm³/mol. The zero-order valence-electron chi connectivity index (χ0n) is 14.4. The van der Waals surface area contributed by atoms with E-state index in [2.05, 4.69) is 25.0 Å². The number of nitrogens with zero attached hydrogens (tertiary/aromatic N) is 6. The third-order valence-corrected chi connectivity index (χ3v) is 4.10. The van der Waals surface area contributed by atoms with Gasteiger partial charge in [-0.05, 0) is 43.3 Å². The Morgan fingerprint density at radius 2 is 1.86 bits per heavy atom. The molecule has 0 unspecified atom stereocenters. The number of pyridine rings is 1. The third-order valence-electron chi connectivity index (χ3n) is 4.10. The number of halogens is 3. The topological polar surface area (TPSA) is 60.9 Å². The van der Waals surface area contributed by atoms with E-state index in [0.29, 0.717) is 34.2 Å². The predicted octanol–water partition coefficient (Wildman–Crippen LogP) is 4.76. The minimum absolute atomic E-state index is 0.156. The van der Waals surface area contributed by atoms with E-state index in [1.165, 1.54) is 12.3 Å². The molecule has 0 amide bonds. The standard InChI is InChI=1S/C19H11F3N6/c1-11-3-8-17(27-26-11)28-16-7-4-12(19(20,21)22)9-15(16)25-18(28)14-6-5-13(23-2)10-24-14/h3-10H,1H3. The Balaban J connectivity index is 1.99. The molecule has 0 fully saturated rings. The van der Waals surface area contributed by atoms with E-state index in [-0.39, 0.29) is 5.52 Å². The molecule has 0 bridgehead atoms. The van der Waals surface area contributed by atoms with Crippen LogP contribution in [0.2, 0.25) is 0 Å². The summed E-state index contributed by atoms with van der Waals surface area (Å²) in [4.78, 5) is 11.9. The fourth-order valence-electron chi connectivity index (χ4n) is 2.76. The fourth-order valence-corrected chi connectivity index (χ4v) is 2.76. The molecule has 0 atom stereocenters. The third kappa shape index (κ3) is 3.05. The molecule has 3 aromatic heterocycles. The maximum Gasteiger partial charge on any atom is 0.416 e. The molecule has 0 radical (unpaired) electrons. The lowest BCUT2D eigenvalue weighted by Gasteiger charge is -2.09. The Morgan fingerprint density at radius 1 is 1.04 bits per heavy atom. The van der Waals surface area contributed by atoms with Crippen LogP contribution in [-0.2, 0) is 6.18 Å². The van der Waals surface area contributed by atoms with Crippen molar-refractivity contribution in [2.45, 2.75) is 13.1 Å². The van der Waals surface area contributed by atoms with Gasteiger partial charge in [0.1, 0.15) is 5.69 Å². The van der Waals surface area contributed by atoms with Gasteiger partial charge in [-0.15, -0.1) is 5.10 Å². The quantitative estimate of drug-likeness (QED) is 0.471. The average Bonchev–Trinajstić information content (AvgIpc) is 3.07. The maximum absolute atomic E-state index is 13.1. The molecule has 4 aromatic rings. The largest absolute Gasteiger partial charge is 0.416 e. The normalized spacial score (nSPS) is 11.5. The molecule has 0 aliphatic carbocycles. The van der Waals surface area contributed by atoms with E-state index in [1.54, 1.807) is 35.8 Å². The van der Waals surface area contributed by atoms with Crippen molar-refractivity contribution in [2.75, 3.05) is 0 Å². The average molecular weight is 380 g/mol. The summed E-state index contributed by atoms with van der Waals surface area (Å²) in [5.74, 6) is 0.711. The van der Waals surface area contributed by atoms with Gasteiger partial charge in [0.05, 0.1) is 28.9 Å². The van der Waals surface area contributed by atoms with Crippen molar-refractivity contribution in [1.29, 1.82) is 0 Å². The first-order valence-electron chi connectivity index (χ1n) is 8.11. The first kappa shape index (κ1) is 17.6. The lowest BCUT2D eigenvalue weighted by atomic mass is 10.2. The Kier molecular flexibility index (Phi) is 4.04. The molecule has 9 heteroatoms. The molecule has 0 saturated heterocycles. The molecule has 0 saturated carbocycles. The van der Waals surface area contributed by atoms with Crippen LogP contribution in [0.1, 0.15) is 11.3 Å². The smallest absolute Gasteiger partial charge is 0.273 e. The Labute approximate surface area is 157 Å². The summed E-state index contributed by atoms with van der Waals surface area (Å²) in [5.41, 5.74) is 1.26. The first-order chi connectivity index (χ1) is 13.4. The molecule has 4 rings (SSSR count). The van der Waals surface area contributed by atoms with E-state index in [1.807, 2.05) is 0 Å². The van der Waals surface area contributed by atoms with E-state index in [4.69, 9.17) is 6.57 Å². The van der Waals surface area contributed by atoms with Crippen LogP contribution in [0.5, 0.6) is 0 Å². The molecule has 6 nitrogen and oxygen atoms in total. The highest BCUT2D eigenvalue weighted by molar-refractivity contribution is 5.83. The number of hydrogen-bond acceptors (Lipinski definition) is 4. The summed E-state index contributed by atoms with van der Waals surface area (Å²) in [7, 11) is 0. The molecule has 0 N–H and O–H groups in total. The van der Waals surface area contributed by atoms with Gasteiger partial charge in [-0.2, -0.15) is 18.3 Å². The van der Waals surface area contributed by atoms with Gasteiger partial charge < -0.3 is 0 Å². The van der Waals surface area contributed by atoms with Crippen molar-refractivity contribution in [1.82, 2.24) is 24.7 Å². The fraction of sp³-hybridized carbons (Fsp3) is 0.105. The minimum atomic E-state index is -4.47. The molecule has 28 heavy (non-hydrogen) atoms. The molecule has 138 valence electrons. The number of imidazole rings is 1. The van der Waals surface area contributed by atoms with Crippen molar-refractivity contribution in [3.8, 4) is 17.3 Å². The van der Waals surface area contributed by atoms with Crippen LogP contribution in [0.4, 0.5) is 18.9 Å². The zero-order chi connectivity index (χ0) is 19.9. The van der Waals surface area contributed by atoms with Crippen LogP contribution in [0.3, 0.4) is 0 Å². The number of rotatable bonds is 2. The number of aryl methyl sites for hydroxylation is 1. The molecule has 0 spiro atoms. The first-order valence-corrected chi connectivity index (χ1v) is 8.11. The summed E-state index contributed by atoms with van der Waals surface area (Å²) in [6.07, 6.45) is -3.09. The molecule has 1 aromatic carbocycles. The van der Waals surface area contributed by atoms with Crippen molar-refractivity contribution in [2.24, 2.45) is 0 Å². The molecule has 0 aliphatic rings. The molecular weight excluding hydrogens is 369 g/mol. The van der Waals surface area contributed by atoms with Crippen molar-refractivity contribution in [3.05, 3.63) is 71.3 Å². The van der Waals surface area contributed by atoms with Gasteiger partial charge in [-0.1, -0.05) is 6.07 Å². The van der Waals surface area contributed by atoms with Crippen LogP contribution in [0.25, 0.3) is 33.2 Å². The molecule has 0 aliphatic heterocycles. The van der Waals surface area contributed by atoms with Crippen molar-refractivity contribution >= 4 is 16.7 Å². The lowest BCUT2D eigenvalue weighted by Crippen LogP contribution is -2.05. The highest BCUT2D eigenvalue weighted by Crippen LogP contribution is 2.34. The second-order valence-corrected chi connectivity index (χ2v) is 6.02. The van der Waals surface area contributed by atoms with E-state index >= 15 is 0 Å². The minimum Gasteiger partial charge on any atom is -0.273 e. The summed E-state index contributed by atoms with van der Waals surface area (Å²) in [6.45, 7) is 8.81. The van der Waals surface area contributed by atoms with Gasteiger partial charge in [-0.25, -0.2) is 9.83 Å². The van der Waals surface area contributed by atoms with Crippen LogP contribution < -0.4 is 0 Å². The lowest BCUT2D eigenvalue weighted by molar-refractivity contribution is -0.137. The molecule has 3 heterocycles. The Morgan fingerprint density at radius 3 is 2.46 bits per heavy atom. The van der Waals surface area contributed by atoms with Gasteiger partial charge in [0, 0.05) is 6.20 Å². The SMILES string of the molecule is [C-]#[N+]c1ccc(-c2nc3cc(C(F)(F)F)ccc3n2-c2ccc(C)nn2)nc1. The van der Waals surface area contributed by atoms with Crippen LogP contribution >= 0.6 is 0 Å². The summed E-state index contributed by atoms with van der Waals surface area (Å²) in [6, 6.07) is 9.96. The van der Waals surface area contributed by atoms with Crippen LogP contribution in [0.15, 0.2) is 48.7 Å². The van der Waals surface area contributed by atoms with Crippen LogP contribution in [0, 0.1) is 13.5 Å². The summed E-state index contributed by atoms with van der Waals surface area (Å²) < 4.78 is 40.9.